The largest absolute Gasteiger partial charge is 0.244 e. The van der Waals surface area contributed by atoms with E-state index in [-0.39, 0.29) is 10.6 Å². The van der Waals surface area contributed by atoms with Crippen molar-refractivity contribution in [3.05, 3.63) is 36.7 Å². The Bertz CT molecular complexity index is 532. The van der Waals surface area contributed by atoms with Crippen LogP contribution in [0.4, 0.5) is 0 Å². The van der Waals surface area contributed by atoms with Gasteiger partial charge in [0.2, 0.25) is 10.0 Å². The van der Waals surface area contributed by atoms with Gasteiger partial charge in [-0.1, -0.05) is 6.08 Å². The summed E-state index contributed by atoms with van der Waals surface area (Å²) in [6, 6.07) is 4.57. The Morgan fingerprint density at radius 1 is 1.56 bits per heavy atom. The first kappa shape index (κ1) is 14.7. The molecule has 0 unspecified atom stereocenters. The van der Waals surface area contributed by atoms with Crippen LogP contribution >= 0.6 is 11.8 Å². The van der Waals surface area contributed by atoms with E-state index in [0.717, 1.165) is 5.75 Å². The molecular formula is C11H13N3O2S2. The van der Waals surface area contributed by atoms with Crippen molar-refractivity contribution in [2.45, 2.75) is 4.90 Å². The van der Waals surface area contributed by atoms with Crippen LogP contribution in [0.3, 0.4) is 0 Å². The second kappa shape index (κ2) is 7.16. The van der Waals surface area contributed by atoms with Crippen molar-refractivity contribution >= 4 is 21.8 Å². The normalized spacial score (nSPS) is 10.8. The van der Waals surface area contributed by atoms with Crippen LogP contribution < -0.4 is 4.72 Å². The number of thioether (sulfide) groups is 1. The molecule has 0 saturated heterocycles. The van der Waals surface area contributed by atoms with Gasteiger partial charge in [0.1, 0.15) is 16.7 Å². The maximum atomic E-state index is 11.8. The van der Waals surface area contributed by atoms with Crippen molar-refractivity contribution in [2.75, 3.05) is 18.1 Å². The van der Waals surface area contributed by atoms with Crippen molar-refractivity contribution in [2.24, 2.45) is 0 Å². The molecule has 1 heterocycles. The van der Waals surface area contributed by atoms with E-state index < -0.39 is 10.0 Å². The first-order chi connectivity index (χ1) is 8.60. The van der Waals surface area contributed by atoms with E-state index in [1.807, 2.05) is 6.07 Å². The number of nitrogens with zero attached hydrogens (tertiary/aromatic N) is 2. The molecule has 1 N–H and O–H groups in total. The van der Waals surface area contributed by atoms with E-state index in [0.29, 0.717) is 12.3 Å². The summed E-state index contributed by atoms with van der Waals surface area (Å²) in [5, 5.41) is 8.57. The molecule has 5 nitrogen and oxygen atoms in total. The Labute approximate surface area is 111 Å². The zero-order chi connectivity index (χ0) is 13.4. The summed E-state index contributed by atoms with van der Waals surface area (Å²) in [5.41, 5.74) is 0.190. The van der Waals surface area contributed by atoms with Gasteiger partial charge in [0.25, 0.3) is 0 Å². The van der Waals surface area contributed by atoms with Crippen LogP contribution in [0.15, 0.2) is 35.9 Å². The third-order valence-electron chi connectivity index (χ3n) is 1.94. The monoisotopic (exact) mass is 283 g/mol. The fraction of sp³-hybridized carbons (Fsp3) is 0.273. The highest BCUT2D eigenvalue weighted by Gasteiger charge is 2.13. The number of rotatable bonds is 7. The summed E-state index contributed by atoms with van der Waals surface area (Å²) < 4.78 is 26.1. The SMILES string of the molecule is C=CCSCCNS(=O)(=O)c1ccc(C#N)nc1. The molecule has 0 aliphatic rings. The molecule has 0 aliphatic carbocycles. The molecule has 1 rings (SSSR count). The Morgan fingerprint density at radius 2 is 2.33 bits per heavy atom. The van der Waals surface area contributed by atoms with Crippen molar-refractivity contribution in [3.63, 3.8) is 0 Å². The smallest absolute Gasteiger partial charge is 0.242 e. The first-order valence-electron chi connectivity index (χ1n) is 5.14. The maximum absolute atomic E-state index is 11.8. The lowest BCUT2D eigenvalue weighted by atomic mass is 10.4. The molecule has 0 aromatic carbocycles. The van der Waals surface area contributed by atoms with Gasteiger partial charge in [0.05, 0.1) is 0 Å². The summed E-state index contributed by atoms with van der Waals surface area (Å²) in [6.45, 7) is 3.92. The number of nitriles is 1. The molecule has 1 aromatic heterocycles. The van der Waals surface area contributed by atoms with E-state index in [9.17, 15) is 8.42 Å². The minimum atomic E-state index is -3.53. The molecule has 0 aliphatic heterocycles. The molecule has 0 spiro atoms. The maximum Gasteiger partial charge on any atom is 0.242 e. The van der Waals surface area contributed by atoms with Gasteiger partial charge in [-0.05, 0) is 12.1 Å². The summed E-state index contributed by atoms with van der Waals surface area (Å²) in [4.78, 5) is 3.79. The number of nitrogens with one attached hydrogen (secondary N) is 1. The van der Waals surface area contributed by atoms with E-state index in [1.165, 1.54) is 18.3 Å². The molecule has 7 heteroatoms. The molecule has 0 radical (unpaired) electrons. The number of aromatic nitrogens is 1. The highest BCUT2D eigenvalue weighted by molar-refractivity contribution is 7.99. The standard InChI is InChI=1S/C11H13N3O2S2/c1-2-6-17-7-5-14-18(15,16)11-4-3-10(8-12)13-9-11/h2-4,9,14H,1,5-7H2. The summed E-state index contributed by atoms with van der Waals surface area (Å²) in [6.07, 6.45) is 2.95. The van der Waals surface area contributed by atoms with Crippen molar-refractivity contribution in [3.8, 4) is 6.07 Å². The Hall–Kier alpha value is -1.36. The Morgan fingerprint density at radius 3 is 2.89 bits per heavy atom. The molecule has 0 atom stereocenters. The van der Waals surface area contributed by atoms with Crippen LogP contribution in [-0.4, -0.2) is 31.5 Å². The van der Waals surface area contributed by atoms with Gasteiger partial charge in [-0.3, -0.25) is 0 Å². The molecule has 0 amide bonds. The van der Waals surface area contributed by atoms with Crippen molar-refractivity contribution < 1.29 is 8.42 Å². The number of pyridine rings is 1. The van der Waals surface area contributed by atoms with E-state index in [4.69, 9.17) is 5.26 Å². The summed E-state index contributed by atoms with van der Waals surface area (Å²) >= 11 is 1.59. The average Bonchev–Trinajstić information content (AvgIpc) is 2.38. The zero-order valence-electron chi connectivity index (χ0n) is 9.67. The molecule has 96 valence electrons. The van der Waals surface area contributed by atoms with Gasteiger partial charge in [0, 0.05) is 24.2 Å². The quantitative estimate of drug-likeness (QED) is 0.599. The van der Waals surface area contributed by atoms with Gasteiger partial charge in [0.15, 0.2) is 0 Å². The summed E-state index contributed by atoms with van der Waals surface area (Å²) in [5.74, 6) is 1.47. The van der Waals surface area contributed by atoms with E-state index >= 15 is 0 Å². The van der Waals surface area contributed by atoms with E-state index in [2.05, 4.69) is 16.3 Å². The van der Waals surface area contributed by atoms with Gasteiger partial charge in [-0.15, -0.1) is 6.58 Å². The third-order valence-corrected chi connectivity index (χ3v) is 4.35. The molecule has 0 saturated carbocycles. The van der Waals surface area contributed by atoms with Crippen LogP contribution in [-0.2, 0) is 10.0 Å². The fourth-order valence-corrected chi connectivity index (χ4v) is 2.79. The lowest BCUT2D eigenvalue weighted by Crippen LogP contribution is -2.26. The van der Waals surface area contributed by atoms with Crippen LogP contribution in [0.5, 0.6) is 0 Å². The van der Waals surface area contributed by atoms with Gasteiger partial charge < -0.3 is 0 Å². The average molecular weight is 283 g/mol. The first-order valence-corrected chi connectivity index (χ1v) is 7.78. The minimum Gasteiger partial charge on any atom is -0.244 e. The second-order valence-electron chi connectivity index (χ2n) is 3.25. The third kappa shape index (κ3) is 4.49. The molecule has 1 aromatic rings. The molecule has 18 heavy (non-hydrogen) atoms. The van der Waals surface area contributed by atoms with Gasteiger partial charge in [-0.25, -0.2) is 18.1 Å². The van der Waals surface area contributed by atoms with Crippen LogP contribution in [0, 0.1) is 11.3 Å². The number of hydrogen-bond donors (Lipinski definition) is 1. The van der Waals surface area contributed by atoms with Gasteiger partial charge >= 0.3 is 0 Å². The Balaban J connectivity index is 2.57. The zero-order valence-corrected chi connectivity index (χ0v) is 11.3. The lowest BCUT2D eigenvalue weighted by Gasteiger charge is -2.05. The number of hydrogen-bond acceptors (Lipinski definition) is 5. The Kier molecular flexibility index (Phi) is 5.85. The summed E-state index contributed by atoms with van der Waals surface area (Å²) in [7, 11) is -3.53. The van der Waals surface area contributed by atoms with Crippen LogP contribution in [0.2, 0.25) is 0 Å². The molecule has 0 bridgehead atoms. The topological polar surface area (TPSA) is 82.9 Å². The predicted molar refractivity (Wildman–Crippen MR) is 71.7 cm³/mol. The van der Waals surface area contributed by atoms with E-state index in [1.54, 1.807) is 17.8 Å². The van der Waals surface area contributed by atoms with Crippen LogP contribution in [0.25, 0.3) is 0 Å². The highest BCUT2D eigenvalue weighted by atomic mass is 32.2. The fourth-order valence-electron chi connectivity index (χ4n) is 1.10. The predicted octanol–water partition coefficient (Wildman–Crippen LogP) is 1.15. The number of sulfonamides is 1. The molecule has 0 fully saturated rings. The lowest BCUT2D eigenvalue weighted by molar-refractivity contribution is 0.584. The van der Waals surface area contributed by atoms with Crippen molar-refractivity contribution in [1.29, 1.82) is 5.26 Å². The van der Waals surface area contributed by atoms with Gasteiger partial charge in [-0.2, -0.15) is 17.0 Å². The molecular weight excluding hydrogens is 270 g/mol. The second-order valence-corrected chi connectivity index (χ2v) is 6.17. The van der Waals surface area contributed by atoms with Crippen molar-refractivity contribution in [1.82, 2.24) is 9.71 Å². The highest BCUT2D eigenvalue weighted by Crippen LogP contribution is 2.07. The van der Waals surface area contributed by atoms with Crippen LogP contribution in [0.1, 0.15) is 5.69 Å². The minimum absolute atomic E-state index is 0.0650.